The zero-order valence-corrected chi connectivity index (χ0v) is 12.6. The van der Waals surface area contributed by atoms with Crippen molar-refractivity contribution in [2.45, 2.75) is 19.8 Å². The molecule has 0 spiro atoms. The number of hydrogen-bond donors (Lipinski definition) is 1. The van der Waals surface area contributed by atoms with Crippen molar-refractivity contribution in [3.63, 3.8) is 0 Å². The number of anilines is 1. The van der Waals surface area contributed by atoms with Gasteiger partial charge in [0.2, 0.25) is 0 Å². The summed E-state index contributed by atoms with van der Waals surface area (Å²) in [6, 6.07) is 7.97. The highest BCUT2D eigenvalue weighted by atomic mass is 16.2. The highest BCUT2D eigenvalue weighted by Gasteiger charge is 2.19. The molecule has 0 radical (unpaired) electrons. The van der Waals surface area contributed by atoms with E-state index in [2.05, 4.69) is 23.2 Å². The Hall–Kier alpha value is -1.55. The maximum absolute atomic E-state index is 12.6. The molecule has 1 N–H and O–H groups in total. The first-order valence-corrected chi connectivity index (χ1v) is 7.54. The van der Waals surface area contributed by atoms with Gasteiger partial charge >= 0.3 is 0 Å². The van der Waals surface area contributed by atoms with Crippen molar-refractivity contribution in [2.75, 3.05) is 44.7 Å². The number of nitrogens with one attached hydrogen (secondary N) is 1. The number of nitrogens with zero attached hydrogens (tertiary/aromatic N) is 2. The number of hydrogen-bond acceptors (Lipinski definition) is 3. The zero-order valence-electron chi connectivity index (χ0n) is 12.6. The molecule has 0 unspecified atom stereocenters. The van der Waals surface area contributed by atoms with Crippen molar-refractivity contribution in [3.8, 4) is 0 Å². The molecule has 0 aliphatic carbocycles. The lowest BCUT2D eigenvalue weighted by Gasteiger charge is -2.31. The summed E-state index contributed by atoms with van der Waals surface area (Å²) in [5.74, 6) is 0.132. The normalized spacial score (nSPS) is 15.2. The van der Waals surface area contributed by atoms with E-state index in [1.807, 2.05) is 30.1 Å². The molecule has 110 valence electrons. The highest BCUT2D eigenvalue weighted by Crippen LogP contribution is 2.22. The molecular weight excluding hydrogens is 250 g/mol. The molecule has 4 nitrogen and oxygen atoms in total. The first-order chi connectivity index (χ1) is 9.74. The average Bonchev–Trinajstić information content (AvgIpc) is 2.52. The van der Waals surface area contributed by atoms with Crippen LogP contribution in [0.4, 0.5) is 5.69 Å². The summed E-state index contributed by atoms with van der Waals surface area (Å²) in [4.78, 5) is 16.7. The number of unbranched alkanes of at least 4 members (excludes halogenated alkanes) is 1. The van der Waals surface area contributed by atoms with Crippen molar-refractivity contribution >= 4 is 11.6 Å². The predicted octanol–water partition coefficient (Wildman–Crippen LogP) is 1.97. The number of rotatable bonds is 5. The van der Waals surface area contributed by atoms with Gasteiger partial charge in [-0.1, -0.05) is 25.5 Å². The van der Waals surface area contributed by atoms with E-state index in [1.165, 1.54) is 0 Å². The molecule has 1 aromatic carbocycles. The third-order valence-electron chi connectivity index (χ3n) is 3.79. The minimum atomic E-state index is 0.132. The smallest absolute Gasteiger partial charge is 0.255 e. The van der Waals surface area contributed by atoms with Gasteiger partial charge in [-0.15, -0.1) is 0 Å². The third-order valence-corrected chi connectivity index (χ3v) is 3.79. The standard InChI is InChI=1S/C16H25N3O/c1-3-4-11-18(2)16(20)14-7-5-6-8-15(14)19-12-9-17-10-13-19/h5-8,17H,3-4,9-13H2,1-2H3. The summed E-state index contributed by atoms with van der Waals surface area (Å²) in [7, 11) is 1.90. The van der Waals surface area contributed by atoms with E-state index in [4.69, 9.17) is 0 Å². The molecule has 1 fully saturated rings. The maximum atomic E-state index is 12.6. The van der Waals surface area contributed by atoms with Crippen molar-refractivity contribution in [1.29, 1.82) is 0 Å². The van der Waals surface area contributed by atoms with Crippen LogP contribution < -0.4 is 10.2 Å². The first-order valence-electron chi connectivity index (χ1n) is 7.54. The number of carbonyl (C=O) groups excluding carboxylic acids is 1. The fourth-order valence-corrected chi connectivity index (χ4v) is 2.54. The summed E-state index contributed by atoms with van der Waals surface area (Å²) in [6.45, 7) is 6.85. The minimum Gasteiger partial charge on any atom is -0.368 e. The van der Waals surface area contributed by atoms with E-state index in [0.717, 1.165) is 56.8 Å². The monoisotopic (exact) mass is 275 g/mol. The van der Waals surface area contributed by atoms with Crippen LogP contribution in [0, 0.1) is 0 Å². The quantitative estimate of drug-likeness (QED) is 0.892. The third kappa shape index (κ3) is 3.51. The van der Waals surface area contributed by atoms with Gasteiger partial charge in [-0.05, 0) is 18.6 Å². The number of piperazine rings is 1. The predicted molar refractivity (Wildman–Crippen MR) is 83.4 cm³/mol. The van der Waals surface area contributed by atoms with E-state index in [0.29, 0.717) is 0 Å². The molecule has 1 aliphatic rings. The molecule has 0 bridgehead atoms. The van der Waals surface area contributed by atoms with Gasteiger partial charge in [-0.3, -0.25) is 4.79 Å². The summed E-state index contributed by atoms with van der Waals surface area (Å²) < 4.78 is 0. The van der Waals surface area contributed by atoms with Gasteiger partial charge in [0.1, 0.15) is 0 Å². The number of benzene rings is 1. The maximum Gasteiger partial charge on any atom is 0.255 e. The van der Waals surface area contributed by atoms with Crippen molar-refractivity contribution in [1.82, 2.24) is 10.2 Å². The van der Waals surface area contributed by atoms with Crippen LogP contribution in [0.25, 0.3) is 0 Å². The lowest BCUT2D eigenvalue weighted by Crippen LogP contribution is -2.44. The summed E-state index contributed by atoms with van der Waals surface area (Å²) in [6.07, 6.45) is 2.16. The van der Waals surface area contributed by atoms with Crippen molar-refractivity contribution in [3.05, 3.63) is 29.8 Å². The van der Waals surface area contributed by atoms with Gasteiger partial charge < -0.3 is 15.1 Å². The topological polar surface area (TPSA) is 35.6 Å². The van der Waals surface area contributed by atoms with E-state index in [9.17, 15) is 4.79 Å². The molecule has 1 heterocycles. The van der Waals surface area contributed by atoms with Crippen LogP contribution in [0.5, 0.6) is 0 Å². The molecule has 0 atom stereocenters. The largest absolute Gasteiger partial charge is 0.368 e. The van der Waals surface area contributed by atoms with Crippen LogP contribution in [-0.2, 0) is 0 Å². The molecule has 2 rings (SSSR count). The summed E-state index contributed by atoms with van der Waals surface area (Å²) >= 11 is 0. The second kappa shape index (κ2) is 7.29. The average molecular weight is 275 g/mol. The van der Waals surface area contributed by atoms with Crippen LogP contribution >= 0.6 is 0 Å². The molecule has 1 amide bonds. The molecule has 20 heavy (non-hydrogen) atoms. The highest BCUT2D eigenvalue weighted by molar-refractivity contribution is 5.99. The van der Waals surface area contributed by atoms with Gasteiger partial charge in [0.05, 0.1) is 5.56 Å². The minimum absolute atomic E-state index is 0.132. The van der Waals surface area contributed by atoms with Crippen molar-refractivity contribution < 1.29 is 4.79 Å². The van der Waals surface area contributed by atoms with Gasteiger partial charge in [-0.2, -0.15) is 0 Å². The summed E-state index contributed by atoms with van der Waals surface area (Å²) in [5, 5.41) is 3.35. The van der Waals surface area contributed by atoms with E-state index in [1.54, 1.807) is 0 Å². The SMILES string of the molecule is CCCCN(C)C(=O)c1ccccc1N1CCNCC1. The second-order valence-electron chi connectivity index (χ2n) is 5.33. The summed E-state index contributed by atoms with van der Waals surface area (Å²) in [5.41, 5.74) is 1.90. The lowest BCUT2D eigenvalue weighted by atomic mass is 10.1. The fraction of sp³-hybridized carbons (Fsp3) is 0.562. The van der Waals surface area contributed by atoms with Crippen LogP contribution in [0.15, 0.2) is 24.3 Å². The first kappa shape index (κ1) is 14.9. The van der Waals surface area contributed by atoms with E-state index >= 15 is 0 Å². The number of amides is 1. The second-order valence-corrected chi connectivity index (χ2v) is 5.33. The van der Waals surface area contributed by atoms with Gasteiger partial charge in [-0.25, -0.2) is 0 Å². The van der Waals surface area contributed by atoms with E-state index < -0.39 is 0 Å². The van der Waals surface area contributed by atoms with Crippen LogP contribution in [-0.4, -0.2) is 50.6 Å². The number of para-hydroxylation sites is 1. The Balaban J connectivity index is 2.16. The Morgan fingerprint density at radius 2 is 2.00 bits per heavy atom. The lowest BCUT2D eigenvalue weighted by molar-refractivity contribution is 0.0794. The van der Waals surface area contributed by atoms with E-state index in [-0.39, 0.29) is 5.91 Å². The molecule has 0 saturated carbocycles. The van der Waals surface area contributed by atoms with Crippen LogP contribution in [0.2, 0.25) is 0 Å². The van der Waals surface area contributed by atoms with Crippen LogP contribution in [0.1, 0.15) is 30.1 Å². The van der Waals surface area contributed by atoms with Gasteiger partial charge in [0.25, 0.3) is 5.91 Å². The van der Waals surface area contributed by atoms with Crippen LogP contribution in [0.3, 0.4) is 0 Å². The Morgan fingerprint density at radius 3 is 2.70 bits per heavy atom. The van der Waals surface area contributed by atoms with Gasteiger partial charge in [0.15, 0.2) is 0 Å². The molecule has 1 aliphatic heterocycles. The van der Waals surface area contributed by atoms with Crippen molar-refractivity contribution in [2.24, 2.45) is 0 Å². The molecule has 1 aromatic rings. The Labute approximate surface area is 121 Å². The fourth-order valence-electron chi connectivity index (χ4n) is 2.54. The Morgan fingerprint density at radius 1 is 1.30 bits per heavy atom. The molecule has 1 saturated heterocycles. The molecule has 4 heteroatoms. The molecular formula is C16H25N3O. The van der Waals surface area contributed by atoms with Gasteiger partial charge in [0, 0.05) is 45.5 Å². The molecule has 0 aromatic heterocycles. The Kier molecular flexibility index (Phi) is 5.41. The Bertz CT molecular complexity index is 441. The number of carbonyl (C=O) groups is 1. The zero-order chi connectivity index (χ0) is 14.4.